The van der Waals surface area contributed by atoms with Crippen molar-refractivity contribution in [3.05, 3.63) is 261 Å². The van der Waals surface area contributed by atoms with Crippen LogP contribution in [0, 0.1) is 0 Å². The van der Waals surface area contributed by atoms with Gasteiger partial charge >= 0.3 is 0 Å². The molecule has 0 saturated carbocycles. The summed E-state index contributed by atoms with van der Waals surface area (Å²) in [5.41, 5.74) is 22.5. The number of fused-ring (bicyclic) bond motifs is 14. The Morgan fingerprint density at radius 2 is 0.811 bits per heavy atom. The molecule has 0 bridgehead atoms. The lowest BCUT2D eigenvalue weighted by atomic mass is 9.98. The molecular formula is C67H43N7. The van der Waals surface area contributed by atoms with Gasteiger partial charge in [0.25, 0.3) is 0 Å². The van der Waals surface area contributed by atoms with Gasteiger partial charge in [0.05, 0.1) is 57.1 Å². The number of rotatable bonds is 6. The lowest BCUT2D eigenvalue weighted by Crippen LogP contribution is -2.13. The Bertz CT molecular complexity index is 4070. The quantitative estimate of drug-likeness (QED) is 0.166. The Balaban J connectivity index is 0.848. The molecule has 0 N–H and O–H groups in total. The first-order chi connectivity index (χ1) is 36.8. The first kappa shape index (κ1) is 41.7. The van der Waals surface area contributed by atoms with Crippen molar-refractivity contribution in [2.24, 2.45) is 0 Å². The normalized spacial score (nSPS) is 12.3. The minimum atomic E-state index is 0.860. The van der Waals surface area contributed by atoms with Gasteiger partial charge in [0, 0.05) is 90.4 Å². The summed E-state index contributed by atoms with van der Waals surface area (Å²) in [6.45, 7) is 0. The van der Waals surface area contributed by atoms with Crippen LogP contribution in [0.1, 0.15) is 0 Å². The predicted octanol–water partition coefficient (Wildman–Crippen LogP) is 17.3. The lowest BCUT2D eigenvalue weighted by molar-refractivity contribution is 1.12. The van der Waals surface area contributed by atoms with Gasteiger partial charge in [0.2, 0.25) is 0 Å². The number of nitrogens with zero attached hydrogens (tertiary/aromatic N) is 7. The SMILES string of the molecule is c1ccc(-n2c3c(c4ccccc42)-c2ccccc2N(c2cccc(-c4cccc(-c5cccc(N6c7ccccc7-c7c(n(-c8ccccc8)c8ccccc78)-c7cccnc76)c5)n4)c2)c2cnccc2-3)cc1. The van der Waals surface area contributed by atoms with Crippen molar-refractivity contribution in [2.45, 2.75) is 0 Å². The molecule has 2 aliphatic heterocycles. The van der Waals surface area contributed by atoms with E-state index in [1.807, 2.05) is 24.7 Å². The fraction of sp³-hybridized carbons (Fsp3) is 0. The summed E-state index contributed by atoms with van der Waals surface area (Å²) in [4.78, 5) is 20.1. The van der Waals surface area contributed by atoms with Gasteiger partial charge in [0.1, 0.15) is 5.82 Å². The van der Waals surface area contributed by atoms with Gasteiger partial charge in [-0.1, -0.05) is 140 Å². The molecule has 7 nitrogen and oxygen atoms in total. The summed E-state index contributed by atoms with van der Waals surface area (Å²) in [6.07, 6.45) is 5.82. The maximum atomic E-state index is 5.44. The Kier molecular flexibility index (Phi) is 9.43. The van der Waals surface area contributed by atoms with Crippen LogP contribution in [0.15, 0.2) is 261 Å². The largest absolute Gasteiger partial charge is 0.309 e. The standard InChI is InChI=1S/C67H43N7/c1-3-21-46(22-4-1)72-59-35-12-8-28-51(59)63-50-27-7-11-34-58(50)71(62-43-68-40-38-54(62)65(63)72)48-25-15-19-44(41-48)56-32-17-33-57(70-56)45-20-16-26-49(42-45)74-61-37-14-10-30-53(61)64-52-29-9-13-36-60(52)73(47-23-5-2-6-24-47)66(64)55-31-18-39-69-67(55)74/h1-43H. The maximum Gasteiger partial charge on any atom is 0.146 e. The van der Waals surface area contributed by atoms with Crippen LogP contribution in [0.2, 0.25) is 0 Å². The van der Waals surface area contributed by atoms with Crippen molar-refractivity contribution in [2.75, 3.05) is 9.80 Å². The van der Waals surface area contributed by atoms with Crippen LogP contribution in [-0.4, -0.2) is 24.1 Å². The van der Waals surface area contributed by atoms with Crippen molar-refractivity contribution >= 4 is 56.1 Å². The first-order valence-electron chi connectivity index (χ1n) is 25.0. The number of para-hydroxylation sites is 6. The molecule has 0 aliphatic carbocycles. The summed E-state index contributed by atoms with van der Waals surface area (Å²) in [5.74, 6) is 0.860. The molecule has 2 aliphatic rings. The van der Waals surface area contributed by atoms with Gasteiger partial charge in [-0.05, 0) is 103 Å². The highest BCUT2D eigenvalue weighted by atomic mass is 15.2. The van der Waals surface area contributed by atoms with Crippen LogP contribution in [-0.2, 0) is 0 Å². The monoisotopic (exact) mass is 945 g/mol. The second-order valence-corrected chi connectivity index (χ2v) is 18.8. The lowest BCUT2D eigenvalue weighted by Gasteiger charge is -2.27. The molecule has 346 valence electrons. The summed E-state index contributed by atoms with van der Waals surface area (Å²) in [5, 5.41) is 2.39. The van der Waals surface area contributed by atoms with Crippen LogP contribution < -0.4 is 9.80 Å². The summed E-state index contributed by atoms with van der Waals surface area (Å²) < 4.78 is 4.81. The van der Waals surface area contributed by atoms with E-state index < -0.39 is 0 Å². The summed E-state index contributed by atoms with van der Waals surface area (Å²) in [7, 11) is 0. The van der Waals surface area contributed by atoms with E-state index >= 15 is 0 Å². The van der Waals surface area contributed by atoms with E-state index in [1.54, 1.807) is 0 Å². The second-order valence-electron chi connectivity index (χ2n) is 18.8. The first-order valence-corrected chi connectivity index (χ1v) is 25.0. The van der Waals surface area contributed by atoms with E-state index in [2.05, 4.69) is 256 Å². The molecule has 5 aromatic heterocycles. The van der Waals surface area contributed by atoms with Crippen molar-refractivity contribution < 1.29 is 0 Å². The van der Waals surface area contributed by atoms with Crippen LogP contribution in [0.25, 0.3) is 100 Å². The Labute approximate surface area is 427 Å². The van der Waals surface area contributed by atoms with E-state index in [0.717, 1.165) is 113 Å². The number of benzene rings is 8. The highest BCUT2D eigenvalue weighted by Crippen LogP contribution is 2.56. The van der Waals surface area contributed by atoms with Crippen molar-refractivity contribution in [3.8, 4) is 78.7 Å². The van der Waals surface area contributed by atoms with Gasteiger partial charge in [-0.2, -0.15) is 0 Å². The number of aromatic nitrogens is 5. The van der Waals surface area contributed by atoms with E-state index in [1.165, 1.54) is 21.9 Å². The number of hydrogen-bond acceptors (Lipinski definition) is 5. The summed E-state index contributed by atoms with van der Waals surface area (Å²) >= 11 is 0. The van der Waals surface area contributed by atoms with Gasteiger partial charge < -0.3 is 14.0 Å². The Morgan fingerprint density at radius 3 is 1.43 bits per heavy atom. The summed E-state index contributed by atoms with van der Waals surface area (Å²) in [6, 6.07) is 86.5. The van der Waals surface area contributed by atoms with Gasteiger partial charge in [0.15, 0.2) is 0 Å². The van der Waals surface area contributed by atoms with E-state index in [-0.39, 0.29) is 0 Å². The highest BCUT2D eigenvalue weighted by Gasteiger charge is 2.34. The van der Waals surface area contributed by atoms with E-state index in [4.69, 9.17) is 15.0 Å². The van der Waals surface area contributed by atoms with Gasteiger partial charge in [-0.25, -0.2) is 9.97 Å². The molecule has 0 radical (unpaired) electrons. The molecule has 8 aromatic carbocycles. The minimum Gasteiger partial charge on any atom is -0.309 e. The van der Waals surface area contributed by atoms with Crippen molar-refractivity contribution in [3.63, 3.8) is 0 Å². The number of anilines is 6. The average molecular weight is 946 g/mol. The molecule has 13 aromatic rings. The Hall–Kier alpha value is -10.1. The smallest absolute Gasteiger partial charge is 0.146 e. The zero-order valence-corrected chi connectivity index (χ0v) is 40.0. The predicted molar refractivity (Wildman–Crippen MR) is 303 cm³/mol. The highest BCUT2D eigenvalue weighted by molar-refractivity contribution is 6.14. The second kappa shape index (κ2) is 16.8. The molecular weight excluding hydrogens is 903 g/mol. The van der Waals surface area contributed by atoms with Crippen LogP contribution in [0.3, 0.4) is 0 Å². The Morgan fingerprint density at radius 1 is 0.324 bits per heavy atom. The number of hydrogen-bond donors (Lipinski definition) is 0. The fourth-order valence-corrected chi connectivity index (χ4v) is 11.7. The third-order valence-corrected chi connectivity index (χ3v) is 14.7. The zero-order valence-electron chi connectivity index (χ0n) is 40.0. The van der Waals surface area contributed by atoms with Crippen LogP contribution >= 0.6 is 0 Å². The molecule has 7 heterocycles. The zero-order chi connectivity index (χ0) is 48.7. The fourth-order valence-electron chi connectivity index (χ4n) is 11.7. The molecule has 0 atom stereocenters. The minimum absolute atomic E-state index is 0.860. The van der Waals surface area contributed by atoms with E-state index in [9.17, 15) is 0 Å². The van der Waals surface area contributed by atoms with Gasteiger partial charge in [-0.15, -0.1) is 0 Å². The van der Waals surface area contributed by atoms with Crippen molar-refractivity contribution in [1.82, 2.24) is 24.1 Å². The average Bonchev–Trinajstić information content (AvgIpc) is 3.92. The molecule has 74 heavy (non-hydrogen) atoms. The molecule has 0 spiro atoms. The molecule has 15 rings (SSSR count). The molecule has 0 saturated heterocycles. The van der Waals surface area contributed by atoms with Crippen LogP contribution in [0.5, 0.6) is 0 Å². The third kappa shape index (κ3) is 6.36. The maximum absolute atomic E-state index is 5.44. The molecule has 0 fully saturated rings. The molecule has 0 amide bonds. The van der Waals surface area contributed by atoms with Gasteiger partial charge in [-0.3, -0.25) is 9.88 Å². The molecule has 7 heteroatoms. The van der Waals surface area contributed by atoms with Crippen LogP contribution in [0.4, 0.5) is 34.3 Å². The van der Waals surface area contributed by atoms with E-state index in [0.29, 0.717) is 0 Å². The van der Waals surface area contributed by atoms with Crippen molar-refractivity contribution in [1.29, 1.82) is 0 Å². The molecule has 0 unspecified atom stereocenters. The topological polar surface area (TPSA) is 55.0 Å². The third-order valence-electron chi connectivity index (χ3n) is 14.7. The number of pyridine rings is 3.